The summed E-state index contributed by atoms with van der Waals surface area (Å²) >= 11 is 0. The maximum atomic E-state index is 11.3. The molecule has 1 N–H and O–H groups in total. The predicted molar refractivity (Wildman–Crippen MR) is 43.3 cm³/mol. The molecule has 0 bridgehead atoms. The lowest BCUT2D eigenvalue weighted by Crippen LogP contribution is -2.34. The number of carbonyl (C=O) groups is 1. The van der Waals surface area contributed by atoms with Crippen molar-refractivity contribution in [2.24, 2.45) is 5.92 Å². The SMILES string of the molecule is CCONC(=O)C1CCOC1C. The van der Waals surface area contributed by atoms with E-state index in [1.54, 1.807) is 0 Å². The zero-order chi connectivity index (χ0) is 8.97. The van der Waals surface area contributed by atoms with Gasteiger partial charge in [-0.15, -0.1) is 0 Å². The van der Waals surface area contributed by atoms with Gasteiger partial charge < -0.3 is 4.74 Å². The summed E-state index contributed by atoms with van der Waals surface area (Å²) in [6, 6.07) is 0. The molecule has 0 radical (unpaired) electrons. The van der Waals surface area contributed by atoms with Crippen LogP contribution in [0, 0.1) is 5.92 Å². The summed E-state index contributed by atoms with van der Waals surface area (Å²) in [6.07, 6.45) is 0.811. The molecule has 0 aromatic rings. The minimum Gasteiger partial charge on any atom is -0.378 e. The summed E-state index contributed by atoms with van der Waals surface area (Å²) in [5.74, 6) is -0.113. The summed E-state index contributed by atoms with van der Waals surface area (Å²) in [5.41, 5.74) is 2.39. The summed E-state index contributed by atoms with van der Waals surface area (Å²) in [6.45, 7) is 4.90. The minimum atomic E-state index is -0.0677. The third-order valence-electron chi connectivity index (χ3n) is 2.03. The van der Waals surface area contributed by atoms with Gasteiger partial charge in [-0.3, -0.25) is 9.63 Å². The number of amides is 1. The maximum absolute atomic E-state index is 11.3. The van der Waals surface area contributed by atoms with Crippen LogP contribution >= 0.6 is 0 Å². The van der Waals surface area contributed by atoms with Crippen LogP contribution in [0.3, 0.4) is 0 Å². The van der Waals surface area contributed by atoms with Crippen molar-refractivity contribution < 1.29 is 14.4 Å². The molecule has 1 rings (SSSR count). The van der Waals surface area contributed by atoms with E-state index in [4.69, 9.17) is 9.57 Å². The van der Waals surface area contributed by atoms with Gasteiger partial charge in [0.05, 0.1) is 18.6 Å². The van der Waals surface area contributed by atoms with Gasteiger partial charge in [-0.25, -0.2) is 5.48 Å². The molecule has 1 fully saturated rings. The minimum absolute atomic E-state index is 0.0189. The van der Waals surface area contributed by atoms with Crippen LogP contribution in [0.2, 0.25) is 0 Å². The van der Waals surface area contributed by atoms with Crippen molar-refractivity contribution >= 4 is 5.91 Å². The largest absolute Gasteiger partial charge is 0.378 e. The molecular weight excluding hydrogens is 158 g/mol. The van der Waals surface area contributed by atoms with E-state index in [0.29, 0.717) is 13.2 Å². The number of hydroxylamine groups is 1. The Hall–Kier alpha value is -0.610. The molecule has 1 amide bonds. The van der Waals surface area contributed by atoms with Crippen molar-refractivity contribution in [3.05, 3.63) is 0 Å². The topological polar surface area (TPSA) is 47.6 Å². The molecule has 12 heavy (non-hydrogen) atoms. The van der Waals surface area contributed by atoms with E-state index in [2.05, 4.69) is 5.48 Å². The van der Waals surface area contributed by atoms with Crippen molar-refractivity contribution in [2.75, 3.05) is 13.2 Å². The van der Waals surface area contributed by atoms with Crippen LogP contribution in [0.5, 0.6) is 0 Å². The Morgan fingerprint density at radius 2 is 2.50 bits per heavy atom. The van der Waals surface area contributed by atoms with Gasteiger partial charge in [0.2, 0.25) is 5.91 Å². The molecular formula is C8H15NO3. The Morgan fingerprint density at radius 3 is 3.00 bits per heavy atom. The highest BCUT2D eigenvalue weighted by atomic mass is 16.6. The van der Waals surface area contributed by atoms with Gasteiger partial charge in [0.25, 0.3) is 0 Å². The van der Waals surface area contributed by atoms with Gasteiger partial charge in [-0.1, -0.05) is 0 Å². The third-order valence-corrected chi connectivity index (χ3v) is 2.03. The van der Waals surface area contributed by atoms with Crippen LogP contribution in [0.25, 0.3) is 0 Å². The van der Waals surface area contributed by atoms with E-state index in [0.717, 1.165) is 6.42 Å². The summed E-state index contributed by atoms with van der Waals surface area (Å²) in [5, 5.41) is 0. The molecule has 1 aliphatic rings. The fourth-order valence-corrected chi connectivity index (χ4v) is 1.30. The molecule has 1 aliphatic heterocycles. The number of ether oxygens (including phenoxy) is 1. The molecule has 70 valence electrons. The number of carbonyl (C=O) groups excluding carboxylic acids is 1. The van der Waals surface area contributed by atoms with Gasteiger partial charge in [-0.2, -0.15) is 0 Å². The highest BCUT2D eigenvalue weighted by Crippen LogP contribution is 2.20. The van der Waals surface area contributed by atoms with Gasteiger partial charge in [-0.05, 0) is 20.3 Å². The van der Waals surface area contributed by atoms with E-state index in [1.807, 2.05) is 13.8 Å². The molecule has 2 unspecified atom stereocenters. The van der Waals surface area contributed by atoms with Gasteiger partial charge >= 0.3 is 0 Å². The number of rotatable bonds is 3. The van der Waals surface area contributed by atoms with Crippen molar-refractivity contribution in [2.45, 2.75) is 26.4 Å². The Bertz CT molecular complexity index is 160. The number of nitrogens with one attached hydrogen (secondary N) is 1. The first kappa shape index (κ1) is 9.48. The molecule has 1 heterocycles. The van der Waals surface area contributed by atoms with E-state index in [1.165, 1.54) is 0 Å². The fourth-order valence-electron chi connectivity index (χ4n) is 1.30. The molecule has 4 heteroatoms. The van der Waals surface area contributed by atoms with E-state index >= 15 is 0 Å². The zero-order valence-corrected chi connectivity index (χ0v) is 7.50. The average Bonchev–Trinajstić information content (AvgIpc) is 2.47. The first-order chi connectivity index (χ1) is 5.75. The summed E-state index contributed by atoms with van der Waals surface area (Å²) in [7, 11) is 0. The van der Waals surface area contributed by atoms with Crippen LogP contribution < -0.4 is 5.48 Å². The molecule has 0 spiro atoms. The Kier molecular flexibility index (Phi) is 3.49. The van der Waals surface area contributed by atoms with Gasteiger partial charge in [0, 0.05) is 6.61 Å². The lowest BCUT2D eigenvalue weighted by Gasteiger charge is -2.12. The molecule has 0 aliphatic carbocycles. The summed E-state index contributed by atoms with van der Waals surface area (Å²) < 4.78 is 5.25. The quantitative estimate of drug-likeness (QED) is 0.631. The average molecular weight is 173 g/mol. The smallest absolute Gasteiger partial charge is 0.249 e. The standard InChI is InChI=1S/C8H15NO3/c1-3-12-9-8(10)7-4-5-11-6(7)2/h6-7H,3-5H2,1-2H3,(H,9,10). The number of hydrogen-bond acceptors (Lipinski definition) is 3. The maximum Gasteiger partial charge on any atom is 0.249 e. The molecule has 4 nitrogen and oxygen atoms in total. The number of hydrogen-bond donors (Lipinski definition) is 1. The highest BCUT2D eigenvalue weighted by molar-refractivity contribution is 5.78. The molecule has 0 aromatic heterocycles. The normalized spacial score (nSPS) is 28.8. The Labute approximate surface area is 72.2 Å². The van der Waals surface area contributed by atoms with Crippen LogP contribution in [0.15, 0.2) is 0 Å². The van der Waals surface area contributed by atoms with Crippen molar-refractivity contribution in [3.8, 4) is 0 Å². The van der Waals surface area contributed by atoms with E-state index in [9.17, 15) is 4.79 Å². The molecule has 0 aromatic carbocycles. The second kappa shape index (κ2) is 4.42. The monoisotopic (exact) mass is 173 g/mol. The fraction of sp³-hybridized carbons (Fsp3) is 0.875. The lowest BCUT2D eigenvalue weighted by molar-refractivity contribution is -0.138. The third kappa shape index (κ3) is 2.19. The molecule has 1 saturated heterocycles. The second-order valence-electron chi connectivity index (χ2n) is 2.87. The predicted octanol–water partition coefficient (Wildman–Crippen LogP) is 0.479. The van der Waals surface area contributed by atoms with Crippen LogP contribution in [0.1, 0.15) is 20.3 Å². The first-order valence-corrected chi connectivity index (χ1v) is 4.29. The van der Waals surface area contributed by atoms with Crippen LogP contribution in [-0.2, 0) is 14.4 Å². The zero-order valence-electron chi connectivity index (χ0n) is 7.50. The lowest BCUT2D eigenvalue weighted by atomic mass is 10.0. The first-order valence-electron chi connectivity index (χ1n) is 4.29. The van der Waals surface area contributed by atoms with E-state index in [-0.39, 0.29) is 17.9 Å². The summed E-state index contributed by atoms with van der Waals surface area (Å²) in [4.78, 5) is 16.1. The van der Waals surface area contributed by atoms with E-state index < -0.39 is 0 Å². The van der Waals surface area contributed by atoms with Gasteiger partial charge in [0.15, 0.2) is 0 Å². The van der Waals surface area contributed by atoms with Crippen LogP contribution in [-0.4, -0.2) is 25.2 Å². The van der Waals surface area contributed by atoms with Crippen molar-refractivity contribution in [1.82, 2.24) is 5.48 Å². The van der Waals surface area contributed by atoms with Crippen molar-refractivity contribution in [1.29, 1.82) is 0 Å². The molecule has 2 atom stereocenters. The van der Waals surface area contributed by atoms with Crippen molar-refractivity contribution in [3.63, 3.8) is 0 Å². The highest BCUT2D eigenvalue weighted by Gasteiger charge is 2.30. The second-order valence-corrected chi connectivity index (χ2v) is 2.87. The molecule has 0 saturated carbocycles. The Morgan fingerprint density at radius 1 is 1.75 bits per heavy atom. The Balaban J connectivity index is 2.30. The van der Waals surface area contributed by atoms with Gasteiger partial charge in [0.1, 0.15) is 0 Å². The van der Waals surface area contributed by atoms with Crippen LogP contribution in [0.4, 0.5) is 0 Å².